The molecule has 29 heavy (non-hydrogen) atoms. The molecule has 0 radical (unpaired) electrons. The number of para-hydroxylation sites is 1. The summed E-state index contributed by atoms with van der Waals surface area (Å²) in [6.45, 7) is 4.66. The van der Waals surface area contributed by atoms with Crippen molar-refractivity contribution in [3.8, 4) is 5.75 Å². The van der Waals surface area contributed by atoms with Crippen molar-refractivity contribution < 1.29 is 9.53 Å². The number of nitrogens with one attached hydrogen (secondary N) is 1. The number of carbonyl (C=O) groups is 1. The summed E-state index contributed by atoms with van der Waals surface area (Å²) in [6.07, 6.45) is 0. The highest BCUT2D eigenvalue weighted by molar-refractivity contribution is 8.01. The lowest BCUT2D eigenvalue weighted by Crippen LogP contribution is -2.27. The predicted octanol–water partition coefficient (Wildman–Crippen LogP) is 4.66. The smallest absolute Gasteiger partial charge is 0.233 e. The third-order valence-electron chi connectivity index (χ3n) is 4.51. The van der Waals surface area contributed by atoms with Crippen molar-refractivity contribution in [1.82, 2.24) is 15.1 Å². The van der Waals surface area contributed by atoms with Gasteiger partial charge < -0.3 is 15.0 Å². The van der Waals surface area contributed by atoms with Crippen LogP contribution in [0, 0.1) is 13.8 Å². The Kier molecular flexibility index (Phi) is 7.11. The Bertz CT molecular complexity index is 990. The molecular weight excluding hydrogens is 404 g/mol. The Morgan fingerprint density at radius 3 is 2.72 bits per heavy atom. The van der Waals surface area contributed by atoms with Gasteiger partial charge in [0.2, 0.25) is 11.0 Å². The van der Waals surface area contributed by atoms with Gasteiger partial charge in [-0.2, -0.15) is 0 Å². The van der Waals surface area contributed by atoms with E-state index in [0.717, 1.165) is 21.3 Å². The molecule has 1 heterocycles. The van der Waals surface area contributed by atoms with Gasteiger partial charge in [0, 0.05) is 24.8 Å². The molecule has 1 N–H and O–H groups in total. The van der Waals surface area contributed by atoms with E-state index in [4.69, 9.17) is 4.74 Å². The summed E-state index contributed by atoms with van der Waals surface area (Å²) < 4.78 is 6.11. The molecule has 0 saturated heterocycles. The second-order valence-corrected chi connectivity index (χ2v) is 8.85. The van der Waals surface area contributed by atoms with E-state index in [1.54, 1.807) is 19.1 Å². The van der Waals surface area contributed by atoms with E-state index >= 15 is 0 Å². The molecule has 0 bridgehead atoms. The molecule has 0 spiro atoms. The van der Waals surface area contributed by atoms with Gasteiger partial charge in [-0.1, -0.05) is 47.4 Å². The predicted molar refractivity (Wildman–Crippen MR) is 119 cm³/mol. The lowest BCUT2D eigenvalue weighted by molar-refractivity contribution is -0.127. The number of nitrogens with zero attached hydrogens (tertiary/aromatic N) is 3. The number of ether oxygens (including phenoxy) is 1. The van der Waals surface area contributed by atoms with Crippen LogP contribution in [0.15, 0.2) is 46.8 Å². The molecule has 3 rings (SSSR count). The van der Waals surface area contributed by atoms with Crippen LogP contribution in [0.3, 0.4) is 0 Å². The summed E-state index contributed by atoms with van der Waals surface area (Å²) in [5, 5.41) is 12.3. The normalized spacial score (nSPS) is 10.6. The summed E-state index contributed by atoms with van der Waals surface area (Å²) in [6, 6.07) is 13.9. The van der Waals surface area contributed by atoms with Gasteiger partial charge in [0.15, 0.2) is 4.34 Å². The minimum absolute atomic E-state index is 0.0276. The maximum atomic E-state index is 12.5. The van der Waals surface area contributed by atoms with Gasteiger partial charge in [0.25, 0.3) is 0 Å². The molecule has 0 aliphatic rings. The van der Waals surface area contributed by atoms with Crippen molar-refractivity contribution in [2.45, 2.75) is 24.7 Å². The summed E-state index contributed by atoms with van der Waals surface area (Å²) in [4.78, 5) is 14.2. The Balaban J connectivity index is 1.53. The van der Waals surface area contributed by atoms with Gasteiger partial charge in [0.1, 0.15) is 5.75 Å². The number of aryl methyl sites for hydroxylation is 2. The minimum atomic E-state index is 0.0276. The summed E-state index contributed by atoms with van der Waals surface area (Å²) in [5.74, 6) is 1.12. The van der Waals surface area contributed by atoms with E-state index in [1.165, 1.54) is 34.2 Å². The van der Waals surface area contributed by atoms with Crippen molar-refractivity contribution in [1.29, 1.82) is 0 Å². The zero-order chi connectivity index (χ0) is 20.8. The van der Waals surface area contributed by atoms with Crippen molar-refractivity contribution in [2.24, 2.45) is 0 Å². The highest BCUT2D eigenvalue weighted by Crippen LogP contribution is 2.28. The van der Waals surface area contributed by atoms with E-state index in [0.29, 0.717) is 17.4 Å². The first-order valence-electron chi connectivity index (χ1n) is 9.12. The average molecular weight is 429 g/mol. The van der Waals surface area contributed by atoms with Crippen molar-refractivity contribution in [3.63, 3.8) is 0 Å². The molecule has 2 aromatic carbocycles. The van der Waals surface area contributed by atoms with Crippen LogP contribution in [0.5, 0.6) is 5.75 Å². The van der Waals surface area contributed by atoms with Crippen LogP contribution in [0.1, 0.15) is 16.7 Å². The number of hydrogen-bond donors (Lipinski definition) is 1. The third-order valence-corrected chi connectivity index (χ3v) is 6.47. The van der Waals surface area contributed by atoms with Crippen LogP contribution in [0.4, 0.5) is 10.8 Å². The van der Waals surface area contributed by atoms with Crippen LogP contribution >= 0.6 is 23.1 Å². The number of hydrogen-bond acceptors (Lipinski definition) is 7. The second-order valence-electron chi connectivity index (χ2n) is 6.65. The van der Waals surface area contributed by atoms with Gasteiger partial charge in [0.05, 0.1) is 12.9 Å². The number of methoxy groups -OCH3 is 1. The molecule has 8 heteroatoms. The number of aromatic nitrogens is 2. The molecular formula is C21H24N4O2S2. The van der Waals surface area contributed by atoms with E-state index in [1.807, 2.05) is 30.3 Å². The van der Waals surface area contributed by atoms with Crippen molar-refractivity contribution in [3.05, 3.63) is 59.2 Å². The van der Waals surface area contributed by atoms with Crippen LogP contribution in [0.2, 0.25) is 0 Å². The first kappa shape index (κ1) is 21.1. The average Bonchev–Trinajstić information content (AvgIpc) is 3.16. The number of benzene rings is 2. The van der Waals surface area contributed by atoms with Gasteiger partial charge in [-0.3, -0.25) is 4.79 Å². The van der Waals surface area contributed by atoms with Crippen LogP contribution < -0.4 is 10.1 Å². The molecule has 152 valence electrons. The van der Waals surface area contributed by atoms with E-state index in [2.05, 4.69) is 41.5 Å². The molecule has 1 amide bonds. The number of carbonyl (C=O) groups excluding carboxylic acids is 1. The first-order valence-corrected chi connectivity index (χ1v) is 10.9. The summed E-state index contributed by atoms with van der Waals surface area (Å²) in [5.41, 5.74) is 4.43. The van der Waals surface area contributed by atoms with Crippen LogP contribution in [0.25, 0.3) is 0 Å². The summed E-state index contributed by atoms with van der Waals surface area (Å²) >= 11 is 2.84. The molecule has 0 aliphatic carbocycles. The van der Waals surface area contributed by atoms with Gasteiger partial charge in [-0.05, 0) is 43.2 Å². The van der Waals surface area contributed by atoms with E-state index in [-0.39, 0.29) is 5.91 Å². The largest absolute Gasteiger partial charge is 0.496 e. The van der Waals surface area contributed by atoms with Crippen molar-refractivity contribution in [2.75, 3.05) is 25.2 Å². The lowest BCUT2D eigenvalue weighted by Gasteiger charge is -2.18. The third kappa shape index (κ3) is 5.71. The Hall–Kier alpha value is -2.58. The van der Waals surface area contributed by atoms with Gasteiger partial charge in [-0.25, -0.2) is 0 Å². The maximum absolute atomic E-state index is 12.5. The first-order chi connectivity index (χ1) is 14.0. The highest BCUT2D eigenvalue weighted by Gasteiger charge is 2.14. The van der Waals surface area contributed by atoms with E-state index < -0.39 is 0 Å². The van der Waals surface area contributed by atoms with Gasteiger partial charge >= 0.3 is 0 Å². The maximum Gasteiger partial charge on any atom is 0.233 e. The standard InChI is InChI=1S/C21H24N4O2S2/c1-14-9-10-17(11-15(14)2)22-20-23-24-21(29-20)28-13-19(26)25(3)12-16-7-5-6-8-18(16)27-4/h5-11H,12-13H2,1-4H3,(H,22,23). The molecule has 0 unspecified atom stereocenters. The molecule has 0 aliphatic heterocycles. The molecule has 6 nitrogen and oxygen atoms in total. The fourth-order valence-electron chi connectivity index (χ4n) is 2.67. The Labute approximate surface area is 179 Å². The highest BCUT2D eigenvalue weighted by atomic mass is 32.2. The quantitative estimate of drug-likeness (QED) is 0.527. The molecule has 0 fully saturated rings. The molecule has 0 saturated carbocycles. The second kappa shape index (κ2) is 9.76. The Morgan fingerprint density at radius 1 is 1.17 bits per heavy atom. The Morgan fingerprint density at radius 2 is 1.97 bits per heavy atom. The van der Waals surface area contributed by atoms with Crippen molar-refractivity contribution >= 4 is 39.8 Å². The fraction of sp³-hybridized carbons (Fsp3) is 0.286. The number of anilines is 2. The number of rotatable bonds is 8. The zero-order valence-electron chi connectivity index (χ0n) is 16.9. The van der Waals surface area contributed by atoms with Crippen LogP contribution in [-0.2, 0) is 11.3 Å². The lowest BCUT2D eigenvalue weighted by atomic mass is 10.1. The monoisotopic (exact) mass is 428 g/mol. The molecule has 1 aromatic heterocycles. The number of amides is 1. The summed E-state index contributed by atoms with van der Waals surface area (Å²) in [7, 11) is 3.43. The number of thioether (sulfide) groups is 1. The zero-order valence-corrected chi connectivity index (χ0v) is 18.6. The van der Waals surface area contributed by atoms with Gasteiger partial charge in [-0.15, -0.1) is 10.2 Å². The van der Waals surface area contributed by atoms with E-state index in [9.17, 15) is 4.79 Å². The molecule has 0 atom stereocenters. The molecule has 3 aromatic rings. The minimum Gasteiger partial charge on any atom is -0.496 e. The SMILES string of the molecule is COc1ccccc1CN(C)C(=O)CSc1nnc(Nc2ccc(C)c(C)c2)s1. The fourth-order valence-corrected chi connectivity index (χ4v) is 4.38. The topological polar surface area (TPSA) is 67.3 Å². The van der Waals surface area contributed by atoms with Crippen LogP contribution in [-0.4, -0.2) is 40.9 Å².